The average molecular weight is 421 g/mol. The van der Waals surface area contributed by atoms with Crippen LogP contribution in [0, 0.1) is 0 Å². The third kappa shape index (κ3) is 4.66. The van der Waals surface area contributed by atoms with Gasteiger partial charge >= 0.3 is 5.97 Å². The molecule has 1 atom stereocenters. The standard InChI is InChI=1S/C20H21ClN2O4S/c1-13(12-27-14(2)24)23-11-19(15-4-6-16(21)7-5-15)18-10-17(8-9-20(18)23)22-28(3,25)26/h4-11,13,22H,12H2,1-3H3. The SMILES string of the molecule is CC(=O)OCC(C)n1cc(-c2ccc(Cl)cc2)c2cc(NS(C)(=O)=O)ccc21. The van der Waals surface area contributed by atoms with Gasteiger partial charge in [0.05, 0.1) is 12.3 Å². The van der Waals surface area contributed by atoms with E-state index in [0.29, 0.717) is 10.7 Å². The van der Waals surface area contributed by atoms with Crippen LogP contribution in [0.5, 0.6) is 0 Å². The van der Waals surface area contributed by atoms with Crippen LogP contribution in [-0.4, -0.2) is 31.8 Å². The minimum Gasteiger partial charge on any atom is -0.464 e. The van der Waals surface area contributed by atoms with E-state index in [2.05, 4.69) is 4.72 Å². The molecule has 1 aromatic heterocycles. The fourth-order valence-electron chi connectivity index (χ4n) is 3.08. The lowest BCUT2D eigenvalue weighted by molar-refractivity contribution is -0.141. The molecule has 28 heavy (non-hydrogen) atoms. The van der Waals surface area contributed by atoms with Crippen molar-refractivity contribution in [3.63, 3.8) is 0 Å². The normalized spacial score (nSPS) is 12.7. The number of fused-ring (bicyclic) bond motifs is 1. The van der Waals surface area contributed by atoms with Crippen molar-refractivity contribution in [2.75, 3.05) is 17.6 Å². The Hall–Kier alpha value is -2.51. The van der Waals surface area contributed by atoms with Crippen molar-refractivity contribution in [3.8, 4) is 11.1 Å². The minimum absolute atomic E-state index is 0.0961. The lowest BCUT2D eigenvalue weighted by atomic mass is 10.0. The number of carbonyl (C=O) groups excluding carboxylic acids is 1. The fraction of sp³-hybridized carbons (Fsp3) is 0.250. The highest BCUT2D eigenvalue weighted by Crippen LogP contribution is 2.35. The van der Waals surface area contributed by atoms with Crippen molar-refractivity contribution in [3.05, 3.63) is 53.7 Å². The number of sulfonamides is 1. The second-order valence-electron chi connectivity index (χ2n) is 6.71. The van der Waals surface area contributed by atoms with E-state index in [0.717, 1.165) is 28.3 Å². The monoisotopic (exact) mass is 420 g/mol. The molecule has 8 heteroatoms. The Morgan fingerprint density at radius 1 is 1.21 bits per heavy atom. The predicted molar refractivity (Wildman–Crippen MR) is 112 cm³/mol. The van der Waals surface area contributed by atoms with Crippen molar-refractivity contribution in [2.24, 2.45) is 0 Å². The van der Waals surface area contributed by atoms with Crippen LogP contribution >= 0.6 is 11.6 Å². The molecule has 2 aromatic carbocycles. The third-order valence-electron chi connectivity index (χ3n) is 4.29. The molecule has 0 saturated carbocycles. The zero-order valence-electron chi connectivity index (χ0n) is 15.8. The highest BCUT2D eigenvalue weighted by atomic mass is 35.5. The zero-order chi connectivity index (χ0) is 20.5. The summed E-state index contributed by atoms with van der Waals surface area (Å²) in [6.07, 6.45) is 3.09. The smallest absolute Gasteiger partial charge is 0.302 e. The fourth-order valence-corrected chi connectivity index (χ4v) is 3.76. The van der Waals surface area contributed by atoms with Crippen molar-refractivity contribution in [1.29, 1.82) is 0 Å². The molecule has 0 aliphatic rings. The Morgan fingerprint density at radius 2 is 1.89 bits per heavy atom. The maximum absolute atomic E-state index is 11.6. The lowest BCUT2D eigenvalue weighted by Gasteiger charge is -2.15. The number of aromatic nitrogens is 1. The summed E-state index contributed by atoms with van der Waals surface area (Å²) in [4.78, 5) is 11.2. The number of nitrogens with zero attached hydrogens (tertiary/aromatic N) is 1. The first-order chi connectivity index (χ1) is 13.1. The predicted octanol–water partition coefficient (Wildman–Crippen LogP) is 4.46. The molecule has 0 amide bonds. The molecule has 0 radical (unpaired) electrons. The van der Waals surface area contributed by atoms with Gasteiger partial charge in [0.25, 0.3) is 0 Å². The molecule has 1 heterocycles. The molecule has 0 fully saturated rings. The summed E-state index contributed by atoms with van der Waals surface area (Å²) in [7, 11) is -3.39. The second-order valence-corrected chi connectivity index (χ2v) is 8.90. The zero-order valence-corrected chi connectivity index (χ0v) is 17.3. The molecule has 1 unspecified atom stereocenters. The Morgan fingerprint density at radius 3 is 2.50 bits per heavy atom. The second kappa shape index (κ2) is 7.85. The van der Waals surface area contributed by atoms with Crippen LogP contribution in [0.15, 0.2) is 48.7 Å². The Bertz CT molecular complexity index is 1120. The van der Waals surface area contributed by atoms with Crippen molar-refractivity contribution in [1.82, 2.24) is 4.57 Å². The highest BCUT2D eigenvalue weighted by Gasteiger charge is 2.16. The van der Waals surface area contributed by atoms with Gasteiger partial charge in [-0.15, -0.1) is 0 Å². The van der Waals surface area contributed by atoms with Gasteiger partial charge in [0.2, 0.25) is 10.0 Å². The molecule has 0 bridgehead atoms. The van der Waals surface area contributed by atoms with Gasteiger partial charge in [-0.1, -0.05) is 23.7 Å². The van der Waals surface area contributed by atoms with Gasteiger partial charge in [-0.3, -0.25) is 9.52 Å². The molecule has 1 N–H and O–H groups in total. The summed E-state index contributed by atoms with van der Waals surface area (Å²) >= 11 is 6.01. The van der Waals surface area contributed by atoms with E-state index < -0.39 is 10.0 Å². The number of anilines is 1. The van der Waals surface area contributed by atoms with Crippen LogP contribution in [0.1, 0.15) is 19.9 Å². The summed E-state index contributed by atoms with van der Waals surface area (Å²) < 4.78 is 32.9. The minimum atomic E-state index is -3.39. The van der Waals surface area contributed by atoms with Gasteiger partial charge in [-0.05, 0) is 42.8 Å². The third-order valence-corrected chi connectivity index (χ3v) is 5.15. The molecule has 148 valence electrons. The largest absolute Gasteiger partial charge is 0.464 e. The highest BCUT2D eigenvalue weighted by molar-refractivity contribution is 7.92. The van der Waals surface area contributed by atoms with Gasteiger partial charge in [0.1, 0.15) is 6.61 Å². The van der Waals surface area contributed by atoms with Crippen LogP contribution in [-0.2, 0) is 19.6 Å². The molecule has 0 saturated heterocycles. The number of esters is 1. The van der Waals surface area contributed by atoms with Gasteiger partial charge in [0.15, 0.2) is 0 Å². The maximum atomic E-state index is 11.6. The van der Waals surface area contributed by atoms with E-state index in [4.69, 9.17) is 16.3 Å². The number of halogens is 1. The van der Waals surface area contributed by atoms with E-state index in [1.54, 1.807) is 24.3 Å². The van der Waals surface area contributed by atoms with Gasteiger partial charge < -0.3 is 9.30 Å². The summed E-state index contributed by atoms with van der Waals surface area (Å²) in [6, 6.07) is 12.7. The number of ether oxygens (including phenoxy) is 1. The molecule has 0 aliphatic heterocycles. The Balaban J connectivity index is 2.14. The molecular formula is C20H21ClN2O4S. The Kier molecular flexibility index (Phi) is 5.67. The quantitative estimate of drug-likeness (QED) is 0.597. The van der Waals surface area contributed by atoms with Crippen LogP contribution in [0.25, 0.3) is 22.0 Å². The maximum Gasteiger partial charge on any atom is 0.302 e. The molecule has 3 rings (SSSR count). The van der Waals surface area contributed by atoms with Gasteiger partial charge in [-0.2, -0.15) is 0 Å². The topological polar surface area (TPSA) is 77.4 Å². The number of hydrogen-bond donors (Lipinski definition) is 1. The number of benzene rings is 2. The van der Waals surface area contributed by atoms with Crippen LogP contribution in [0.2, 0.25) is 5.02 Å². The van der Waals surface area contributed by atoms with E-state index in [-0.39, 0.29) is 18.6 Å². The average Bonchev–Trinajstić information content (AvgIpc) is 2.98. The van der Waals surface area contributed by atoms with Gasteiger partial charge in [0, 0.05) is 40.3 Å². The van der Waals surface area contributed by atoms with E-state index in [1.807, 2.05) is 35.9 Å². The van der Waals surface area contributed by atoms with E-state index in [9.17, 15) is 13.2 Å². The summed E-state index contributed by atoms with van der Waals surface area (Å²) in [5.74, 6) is -0.333. The summed E-state index contributed by atoms with van der Waals surface area (Å²) in [5, 5.41) is 1.51. The summed E-state index contributed by atoms with van der Waals surface area (Å²) in [5.41, 5.74) is 3.27. The molecule has 0 spiro atoms. The number of nitrogens with one attached hydrogen (secondary N) is 1. The van der Waals surface area contributed by atoms with Crippen LogP contribution in [0.4, 0.5) is 5.69 Å². The van der Waals surface area contributed by atoms with E-state index in [1.165, 1.54) is 6.92 Å². The number of hydrogen-bond acceptors (Lipinski definition) is 4. The molecule has 3 aromatic rings. The lowest BCUT2D eigenvalue weighted by Crippen LogP contribution is -2.13. The number of rotatable bonds is 6. The van der Waals surface area contributed by atoms with E-state index >= 15 is 0 Å². The number of carbonyl (C=O) groups is 1. The van der Waals surface area contributed by atoms with Crippen molar-refractivity contribution in [2.45, 2.75) is 19.9 Å². The molecular weight excluding hydrogens is 400 g/mol. The molecule has 6 nitrogen and oxygen atoms in total. The van der Waals surface area contributed by atoms with Crippen molar-refractivity contribution < 1.29 is 17.9 Å². The first-order valence-electron chi connectivity index (χ1n) is 8.66. The first-order valence-corrected chi connectivity index (χ1v) is 10.9. The first kappa shape index (κ1) is 20.2. The summed E-state index contributed by atoms with van der Waals surface area (Å²) in [6.45, 7) is 3.57. The Labute approximate surface area is 169 Å². The van der Waals surface area contributed by atoms with Gasteiger partial charge in [-0.25, -0.2) is 8.42 Å². The van der Waals surface area contributed by atoms with Crippen molar-refractivity contribution >= 4 is 44.2 Å². The van der Waals surface area contributed by atoms with Crippen LogP contribution < -0.4 is 4.72 Å². The van der Waals surface area contributed by atoms with Crippen LogP contribution in [0.3, 0.4) is 0 Å². The molecule has 0 aliphatic carbocycles.